The maximum Gasteiger partial charge on any atom is 0.148 e. The quantitative estimate of drug-likeness (QED) is 0.850. The van der Waals surface area contributed by atoms with E-state index in [0.717, 1.165) is 24.7 Å². The Kier molecular flexibility index (Phi) is 3.74. The highest BCUT2D eigenvalue weighted by molar-refractivity contribution is 5.39. The van der Waals surface area contributed by atoms with Crippen molar-refractivity contribution in [2.45, 2.75) is 38.5 Å². The molecule has 2 N–H and O–H groups in total. The van der Waals surface area contributed by atoms with Crippen LogP contribution in [0, 0.1) is 5.92 Å². The second kappa shape index (κ2) is 5.65. The molecule has 0 saturated carbocycles. The maximum absolute atomic E-state index is 4.30. The van der Waals surface area contributed by atoms with Crippen molar-refractivity contribution in [1.82, 2.24) is 15.5 Å². The molecule has 1 aromatic rings. The lowest BCUT2D eigenvalue weighted by molar-refractivity contribution is 0.361. The Labute approximate surface area is 109 Å². The molecule has 0 aromatic carbocycles. The molecule has 2 aliphatic rings. The zero-order valence-electron chi connectivity index (χ0n) is 10.9. The molecule has 0 unspecified atom stereocenters. The van der Waals surface area contributed by atoms with E-state index in [1.807, 2.05) is 0 Å². The van der Waals surface area contributed by atoms with E-state index in [0.29, 0.717) is 0 Å². The predicted molar refractivity (Wildman–Crippen MR) is 72.8 cm³/mol. The molecule has 0 atom stereocenters. The molecule has 1 aromatic heterocycles. The van der Waals surface area contributed by atoms with Crippen molar-refractivity contribution in [3.63, 3.8) is 0 Å². The average Bonchev–Trinajstić information content (AvgIpc) is 2.87. The van der Waals surface area contributed by atoms with Crippen molar-refractivity contribution < 1.29 is 0 Å². The molecule has 0 bridgehead atoms. The summed E-state index contributed by atoms with van der Waals surface area (Å²) in [7, 11) is 0. The van der Waals surface area contributed by atoms with E-state index in [4.69, 9.17) is 0 Å². The Balaban J connectivity index is 1.48. The number of nitrogens with one attached hydrogen (secondary N) is 2. The third-order valence-electron chi connectivity index (χ3n) is 4.14. The molecule has 1 aliphatic heterocycles. The molecule has 1 fully saturated rings. The highest BCUT2D eigenvalue weighted by atomic mass is 15.2. The van der Waals surface area contributed by atoms with E-state index >= 15 is 0 Å². The number of hydrogen-bond acceptors (Lipinski definition) is 4. The maximum atomic E-state index is 4.30. The second-order valence-electron chi connectivity index (χ2n) is 5.46. The molecule has 1 aliphatic carbocycles. The van der Waals surface area contributed by atoms with Gasteiger partial charge in [-0.3, -0.25) is 0 Å². The van der Waals surface area contributed by atoms with Crippen molar-refractivity contribution in [2.75, 3.05) is 25.0 Å². The first-order valence-corrected chi connectivity index (χ1v) is 7.22. The first-order chi connectivity index (χ1) is 8.92. The van der Waals surface area contributed by atoms with Gasteiger partial charge in [-0.25, -0.2) is 0 Å². The standard InChI is InChI=1S/C14H22N4/c1-2-12-10-14(18-17-13(12)3-1)16-9-6-11-4-7-15-8-5-11/h10-11,15H,1-9H2,(H,16,18). The van der Waals surface area contributed by atoms with Crippen LogP contribution in [0.2, 0.25) is 0 Å². The number of aromatic nitrogens is 2. The third kappa shape index (κ3) is 2.80. The van der Waals surface area contributed by atoms with Gasteiger partial charge in [0.1, 0.15) is 5.82 Å². The fourth-order valence-corrected chi connectivity index (χ4v) is 2.99. The van der Waals surface area contributed by atoms with Gasteiger partial charge in [0.2, 0.25) is 0 Å². The molecule has 4 heteroatoms. The third-order valence-corrected chi connectivity index (χ3v) is 4.14. The summed E-state index contributed by atoms with van der Waals surface area (Å²) in [6.45, 7) is 3.39. The van der Waals surface area contributed by atoms with Gasteiger partial charge in [0.15, 0.2) is 0 Å². The summed E-state index contributed by atoms with van der Waals surface area (Å²) in [5, 5.41) is 15.4. The first-order valence-electron chi connectivity index (χ1n) is 7.22. The van der Waals surface area contributed by atoms with Crippen LogP contribution in [0.25, 0.3) is 0 Å². The second-order valence-corrected chi connectivity index (χ2v) is 5.46. The molecule has 98 valence electrons. The summed E-state index contributed by atoms with van der Waals surface area (Å²) in [6, 6.07) is 2.19. The Bertz CT molecular complexity index is 399. The molecule has 18 heavy (non-hydrogen) atoms. The molecule has 2 heterocycles. The van der Waals surface area contributed by atoms with Crippen LogP contribution in [0.3, 0.4) is 0 Å². The lowest BCUT2D eigenvalue weighted by Crippen LogP contribution is -2.28. The number of fused-ring (bicyclic) bond motifs is 1. The number of hydrogen-bond donors (Lipinski definition) is 2. The van der Waals surface area contributed by atoms with Crippen molar-refractivity contribution in [3.8, 4) is 0 Å². The van der Waals surface area contributed by atoms with Crippen molar-refractivity contribution in [2.24, 2.45) is 5.92 Å². The van der Waals surface area contributed by atoms with E-state index in [9.17, 15) is 0 Å². The van der Waals surface area contributed by atoms with E-state index in [-0.39, 0.29) is 0 Å². The molecule has 1 saturated heterocycles. The SMILES string of the molecule is c1c(NCCC2CCNCC2)nnc2c1CCC2. The van der Waals surface area contributed by atoms with Crippen LogP contribution < -0.4 is 10.6 Å². The van der Waals surface area contributed by atoms with Gasteiger partial charge in [-0.05, 0) is 69.2 Å². The summed E-state index contributed by atoms with van der Waals surface area (Å²) in [6.07, 6.45) is 7.41. The Morgan fingerprint density at radius 1 is 1.22 bits per heavy atom. The van der Waals surface area contributed by atoms with Crippen LogP contribution in [0.4, 0.5) is 5.82 Å². The van der Waals surface area contributed by atoms with Gasteiger partial charge in [0.05, 0.1) is 5.69 Å². The topological polar surface area (TPSA) is 49.8 Å². The van der Waals surface area contributed by atoms with E-state index in [1.54, 1.807) is 0 Å². The van der Waals surface area contributed by atoms with Gasteiger partial charge in [0.25, 0.3) is 0 Å². The zero-order chi connectivity index (χ0) is 12.2. The zero-order valence-corrected chi connectivity index (χ0v) is 10.9. The van der Waals surface area contributed by atoms with Gasteiger partial charge in [-0.2, -0.15) is 5.10 Å². The fourth-order valence-electron chi connectivity index (χ4n) is 2.99. The van der Waals surface area contributed by atoms with Crippen LogP contribution in [-0.2, 0) is 12.8 Å². The number of nitrogens with zero attached hydrogens (tertiary/aromatic N) is 2. The number of rotatable bonds is 4. The molecule has 0 spiro atoms. The fraction of sp³-hybridized carbons (Fsp3) is 0.714. The first kappa shape index (κ1) is 11.9. The Hall–Kier alpha value is -1.16. The number of piperidine rings is 1. The summed E-state index contributed by atoms with van der Waals surface area (Å²) in [4.78, 5) is 0. The molecule has 0 radical (unpaired) electrons. The number of aryl methyl sites for hydroxylation is 2. The van der Waals surface area contributed by atoms with Gasteiger partial charge in [-0.1, -0.05) is 0 Å². The van der Waals surface area contributed by atoms with Gasteiger partial charge >= 0.3 is 0 Å². The summed E-state index contributed by atoms with van der Waals surface area (Å²) < 4.78 is 0. The highest BCUT2D eigenvalue weighted by Gasteiger charge is 2.14. The van der Waals surface area contributed by atoms with Crippen molar-refractivity contribution in [1.29, 1.82) is 0 Å². The van der Waals surface area contributed by atoms with E-state index in [1.165, 1.54) is 56.5 Å². The predicted octanol–water partition coefficient (Wildman–Crippen LogP) is 1.77. The molecular weight excluding hydrogens is 224 g/mol. The summed E-state index contributed by atoms with van der Waals surface area (Å²) in [5.74, 6) is 1.84. The molecular formula is C14H22N4. The molecule has 3 rings (SSSR count). The summed E-state index contributed by atoms with van der Waals surface area (Å²) in [5.41, 5.74) is 2.60. The largest absolute Gasteiger partial charge is 0.369 e. The van der Waals surface area contributed by atoms with Crippen molar-refractivity contribution >= 4 is 5.82 Å². The number of anilines is 1. The monoisotopic (exact) mass is 246 g/mol. The van der Waals surface area contributed by atoms with Crippen LogP contribution in [0.5, 0.6) is 0 Å². The minimum absolute atomic E-state index is 0.876. The van der Waals surface area contributed by atoms with Crippen LogP contribution in [0.15, 0.2) is 6.07 Å². The van der Waals surface area contributed by atoms with Crippen molar-refractivity contribution in [3.05, 3.63) is 17.3 Å². The van der Waals surface area contributed by atoms with E-state index < -0.39 is 0 Å². The Morgan fingerprint density at radius 3 is 3.00 bits per heavy atom. The van der Waals surface area contributed by atoms with Crippen LogP contribution in [-0.4, -0.2) is 29.8 Å². The lowest BCUT2D eigenvalue weighted by atomic mass is 9.95. The highest BCUT2D eigenvalue weighted by Crippen LogP contribution is 2.21. The van der Waals surface area contributed by atoms with Crippen LogP contribution in [0.1, 0.15) is 36.9 Å². The lowest BCUT2D eigenvalue weighted by Gasteiger charge is -2.22. The summed E-state index contributed by atoms with van der Waals surface area (Å²) >= 11 is 0. The minimum Gasteiger partial charge on any atom is -0.369 e. The van der Waals surface area contributed by atoms with E-state index in [2.05, 4.69) is 26.9 Å². The van der Waals surface area contributed by atoms with Gasteiger partial charge in [-0.15, -0.1) is 5.10 Å². The smallest absolute Gasteiger partial charge is 0.148 e. The average molecular weight is 246 g/mol. The van der Waals surface area contributed by atoms with Gasteiger partial charge < -0.3 is 10.6 Å². The minimum atomic E-state index is 0.876. The molecule has 4 nitrogen and oxygen atoms in total. The molecule has 0 amide bonds. The Morgan fingerprint density at radius 2 is 2.11 bits per heavy atom. The van der Waals surface area contributed by atoms with Crippen LogP contribution >= 0.6 is 0 Å². The van der Waals surface area contributed by atoms with Gasteiger partial charge in [0, 0.05) is 6.54 Å². The normalized spacial score (nSPS) is 19.8.